The van der Waals surface area contributed by atoms with Gasteiger partial charge in [0.05, 0.1) is 5.92 Å². The molecule has 0 aliphatic heterocycles. The van der Waals surface area contributed by atoms with E-state index in [-0.39, 0.29) is 11.7 Å². The Hall–Kier alpha value is -1.45. The number of unbranched alkanes of at least 4 members (excludes halogenated alkanes) is 2. The van der Waals surface area contributed by atoms with E-state index in [1.807, 2.05) is 0 Å². The molecule has 2 nitrogen and oxygen atoms in total. The number of ether oxygens (including phenoxy) is 1. The number of hydrogen-bond acceptors (Lipinski definition) is 2. The van der Waals surface area contributed by atoms with E-state index in [1.54, 1.807) is 6.07 Å². The van der Waals surface area contributed by atoms with Crippen LogP contribution in [0.1, 0.15) is 103 Å². The molecule has 0 spiro atoms. The second kappa shape index (κ2) is 12.0. The lowest BCUT2D eigenvalue weighted by Gasteiger charge is -2.37. The Morgan fingerprint density at radius 1 is 0.871 bits per heavy atom. The molecule has 0 unspecified atom stereocenters. The van der Waals surface area contributed by atoms with E-state index in [2.05, 4.69) is 13.8 Å². The summed E-state index contributed by atoms with van der Waals surface area (Å²) < 4.78 is 34.1. The third-order valence-electron chi connectivity index (χ3n) is 7.75. The van der Waals surface area contributed by atoms with Crippen LogP contribution in [0.4, 0.5) is 8.78 Å². The summed E-state index contributed by atoms with van der Waals surface area (Å²) in [7, 11) is 0. The monoisotopic (exact) mass is 434 g/mol. The first-order chi connectivity index (χ1) is 15.0. The van der Waals surface area contributed by atoms with Crippen molar-refractivity contribution in [1.29, 1.82) is 0 Å². The van der Waals surface area contributed by atoms with E-state index in [0.717, 1.165) is 56.8 Å². The van der Waals surface area contributed by atoms with Gasteiger partial charge in [-0.3, -0.25) is 4.79 Å². The molecule has 2 aliphatic rings. The van der Waals surface area contributed by atoms with Gasteiger partial charge < -0.3 is 4.74 Å². The highest BCUT2D eigenvalue weighted by molar-refractivity contribution is 5.75. The van der Waals surface area contributed by atoms with Gasteiger partial charge in [-0.05, 0) is 80.8 Å². The van der Waals surface area contributed by atoms with Gasteiger partial charge in [-0.1, -0.05) is 58.4 Å². The quantitative estimate of drug-likeness (QED) is 0.223. The van der Waals surface area contributed by atoms with Crippen LogP contribution in [0.25, 0.3) is 0 Å². The topological polar surface area (TPSA) is 26.3 Å². The summed E-state index contributed by atoms with van der Waals surface area (Å²) in [4.78, 5) is 12.6. The summed E-state index contributed by atoms with van der Waals surface area (Å²) in [5.41, 5.74) is 0.361. The maximum atomic E-state index is 14.4. The van der Waals surface area contributed by atoms with Crippen molar-refractivity contribution in [3.63, 3.8) is 0 Å². The molecular weight excluding hydrogens is 394 g/mol. The van der Waals surface area contributed by atoms with Gasteiger partial charge in [0.25, 0.3) is 0 Å². The number of benzene rings is 1. The van der Waals surface area contributed by atoms with Crippen LogP contribution < -0.4 is 4.74 Å². The maximum Gasteiger partial charge on any atom is 0.314 e. The summed E-state index contributed by atoms with van der Waals surface area (Å²) in [6.45, 7) is 4.35. The van der Waals surface area contributed by atoms with Crippen molar-refractivity contribution in [1.82, 2.24) is 0 Å². The van der Waals surface area contributed by atoms with Crippen molar-refractivity contribution in [3.05, 3.63) is 29.3 Å². The van der Waals surface area contributed by atoms with Gasteiger partial charge in [-0.2, -0.15) is 4.39 Å². The minimum atomic E-state index is -1.03. The molecule has 0 amide bonds. The molecule has 0 aromatic heterocycles. The van der Waals surface area contributed by atoms with Crippen molar-refractivity contribution >= 4 is 5.97 Å². The molecular formula is C27H40F2O2. The highest BCUT2D eigenvalue weighted by Crippen LogP contribution is 2.42. The molecule has 0 N–H and O–H groups in total. The average molecular weight is 435 g/mol. The molecule has 31 heavy (non-hydrogen) atoms. The molecule has 2 saturated carbocycles. The van der Waals surface area contributed by atoms with Gasteiger partial charge in [0.15, 0.2) is 11.6 Å². The fourth-order valence-corrected chi connectivity index (χ4v) is 5.78. The molecule has 174 valence electrons. The third kappa shape index (κ3) is 6.52. The van der Waals surface area contributed by atoms with Gasteiger partial charge >= 0.3 is 5.97 Å². The molecule has 1 aromatic carbocycles. The van der Waals surface area contributed by atoms with Crippen LogP contribution in [0, 0.1) is 35.3 Å². The zero-order valence-electron chi connectivity index (χ0n) is 19.4. The molecule has 0 atom stereocenters. The summed E-state index contributed by atoms with van der Waals surface area (Å²) in [6.07, 6.45) is 15.1. The number of aryl methyl sites for hydroxylation is 1. The smallest absolute Gasteiger partial charge is 0.314 e. The fourth-order valence-electron chi connectivity index (χ4n) is 5.78. The van der Waals surface area contributed by atoms with Gasteiger partial charge in [0.2, 0.25) is 5.82 Å². The van der Waals surface area contributed by atoms with Gasteiger partial charge in [-0.15, -0.1) is 0 Å². The second-order valence-electron chi connectivity index (χ2n) is 9.91. The number of hydrogen-bond donors (Lipinski definition) is 0. The van der Waals surface area contributed by atoms with E-state index < -0.39 is 17.6 Å². The average Bonchev–Trinajstić information content (AvgIpc) is 2.79. The normalized spacial score (nSPS) is 26.6. The van der Waals surface area contributed by atoms with Crippen molar-refractivity contribution in [3.8, 4) is 5.75 Å². The SMILES string of the molecule is CCCCCc1ccc(OC(=O)[C@H]2CC[C@H]([C@H]3CC[C@H](CCC)CC3)CC2)c(F)c1F. The van der Waals surface area contributed by atoms with Crippen LogP contribution in [0.3, 0.4) is 0 Å². The first kappa shape index (κ1) is 24.2. The fraction of sp³-hybridized carbons (Fsp3) is 0.741. The van der Waals surface area contributed by atoms with Crippen molar-refractivity contribution in [2.75, 3.05) is 0 Å². The minimum Gasteiger partial charge on any atom is -0.423 e. The Kier molecular flexibility index (Phi) is 9.34. The standard InChI is InChI=1S/C27H40F2O2/c1-3-5-6-8-22-17-18-24(26(29)25(22)28)31-27(30)23-15-13-21(14-16-23)20-11-9-19(7-4-2)10-12-20/h17-21,23H,3-16H2,1-2H3/t19-,20-,21-,23-. The number of carbonyl (C=O) groups excluding carboxylic acids is 1. The highest BCUT2D eigenvalue weighted by Gasteiger charge is 2.34. The molecule has 0 radical (unpaired) electrons. The van der Waals surface area contributed by atoms with Gasteiger partial charge in [-0.25, -0.2) is 4.39 Å². The number of halogens is 2. The predicted molar refractivity (Wildman–Crippen MR) is 121 cm³/mol. The third-order valence-corrected chi connectivity index (χ3v) is 7.75. The summed E-state index contributed by atoms with van der Waals surface area (Å²) in [5, 5.41) is 0. The van der Waals surface area contributed by atoms with E-state index in [0.29, 0.717) is 17.9 Å². The summed E-state index contributed by atoms with van der Waals surface area (Å²) in [6, 6.07) is 2.97. The molecule has 2 fully saturated rings. The minimum absolute atomic E-state index is 0.195. The van der Waals surface area contributed by atoms with Crippen LogP contribution in [-0.4, -0.2) is 5.97 Å². The second-order valence-corrected chi connectivity index (χ2v) is 9.91. The molecule has 1 aromatic rings. The molecule has 0 heterocycles. The lowest BCUT2D eigenvalue weighted by Crippen LogP contribution is -2.30. The Morgan fingerprint density at radius 2 is 1.52 bits per heavy atom. The maximum absolute atomic E-state index is 14.4. The van der Waals surface area contributed by atoms with E-state index >= 15 is 0 Å². The molecule has 0 bridgehead atoms. The first-order valence-corrected chi connectivity index (χ1v) is 12.7. The molecule has 2 aliphatic carbocycles. The van der Waals surface area contributed by atoms with Crippen molar-refractivity contribution in [2.24, 2.45) is 23.7 Å². The Balaban J connectivity index is 1.47. The van der Waals surface area contributed by atoms with Crippen LogP contribution in [0.5, 0.6) is 5.75 Å². The van der Waals surface area contributed by atoms with Gasteiger partial charge in [0, 0.05) is 0 Å². The van der Waals surface area contributed by atoms with E-state index in [4.69, 9.17) is 4.74 Å². The Morgan fingerprint density at radius 3 is 2.13 bits per heavy atom. The number of rotatable bonds is 9. The van der Waals surface area contributed by atoms with Crippen LogP contribution in [0.2, 0.25) is 0 Å². The van der Waals surface area contributed by atoms with E-state index in [9.17, 15) is 13.6 Å². The van der Waals surface area contributed by atoms with Crippen molar-refractivity contribution in [2.45, 2.75) is 104 Å². The van der Waals surface area contributed by atoms with Gasteiger partial charge in [0.1, 0.15) is 0 Å². The van der Waals surface area contributed by atoms with Crippen LogP contribution in [0.15, 0.2) is 12.1 Å². The Bertz CT molecular complexity index is 701. The lowest BCUT2D eigenvalue weighted by atomic mass is 9.69. The first-order valence-electron chi connectivity index (χ1n) is 12.7. The highest BCUT2D eigenvalue weighted by atomic mass is 19.2. The largest absolute Gasteiger partial charge is 0.423 e. The van der Waals surface area contributed by atoms with Crippen LogP contribution >= 0.6 is 0 Å². The molecule has 3 rings (SSSR count). The summed E-state index contributed by atoms with van der Waals surface area (Å²) in [5.74, 6) is -0.329. The lowest BCUT2D eigenvalue weighted by molar-refractivity contribution is -0.140. The van der Waals surface area contributed by atoms with E-state index in [1.165, 1.54) is 44.6 Å². The predicted octanol–water partition coefficient (Wildman–Crippen LogP) is 8.02. The molecule has 0 saturated heterocycles. The zero-order chi connectivity index (χ0) is 22.2. The number of carbonyl (C=O) groups is 1. The molecule has 4 heteroatoms. The Labute approximate surface area is 187 Å². The number of esters is 1. The summed E-state index contributed by atoms with van der Waals surface area (Å²) >= 11 is 0. The van der Waals surface area contributed by atoms with Crippen molar-refractivity contribution < 1.29 is 18.3 Å². The van der Waals surface area contributed by atoms with Crippen LogP contribution in [-0.2, 0) is 11.2 Å². The zero-order valence-corrected chi connectivity index (χ0v) is 19.4.